The highest BCUT2D eigenvalue weighted by molar-refractivity contribution is 7.16. The van der Waals surface area contributed by atoms with Crippen molar-refractivity contribution < 1.29 is 19.1 Å². The number of carbonyl (C=O) groups is 3. The Bertz CT molecular complexity index is 1100. The summed E-state index contributed by atoms with van der Waals surface area (Å²) in [7, 11) is 0. The molecule has 2 amide bonds. The summed E-state index contributed by atoms with van der Waals surface area (Å²) in [4.78, 5) is 54.3. The summed E-state index contributed by atoms with van der Waals surface area (Å²) in [6.07, 6.45) is 1.30. The van der Waals surface area contributed by atoms with E-state index in [1.54, 1.807) is 35.7 Å². The number of rotatable bonds is 5. The van der Waals surface area contributed by atoms with Crippen LogP contribution in [-0.2, 0) is 16.1 Å². The second-order valence-electron chi connectivity index (χ2n) is 5.86. The van der Waals surface area contributed by atoms with E-state index < -0.39 is 24.5 Å². The van der Waals surface area contributed by atoms with Crippen molar-refractivity contribution in [3.63, 3.8) is 0 Å². The quantitative estimate of drug-likeness (QED) is 0.491. The van der Waals surface area contributed by atoms with Gasteiger partial charge in [-0.1, -0.05) is 12.1 Å². The number of imide groups is 1. The van der Waals surface area contributed by atoms with Gasteiger partial charge in [-0.2, -0.15) is 0 Å². The zero-order valence-corrected chi connectivity index (χ0v) is 14.8. The minimum atomic E-state index is -0.621. The smallest absolute Gasteiger partial charge is 0.309 e. The van der Waals surface area contributed by atoms with Crippen LogP contribution in [0.4, 0.5) is 0 Å². The number of hydrogen-bond acceptors (Lipinski definition) is 7. The summed E-state index contributed by atoms with van der Waals surface area (Å²) < 4.78 is 6.38. The van der Waals surface area contributed by atoms with E-state index in [0.29, 0.717) is 21.3 Å². The predicted molar refractivity (Wildman–Crippen MR) is 96.4 cm³/mol. The lowest BCUT2D eigenvalue weighted by Crippen LogP contribution is -2.33. The Kier molecular flexibility index (Phi) is 4.28. The van der Waals surface area contributed by atoms with Gasteiger partial charge in [0.25, 0.3) is 17.4 Å². The lowest BCUT2D eigenvalue weighted by atomic mass is 10.1. The van der Waals surface area contributed by atoms with Gasteiger partial charge >= 0.3 is 5.97 Å². The van der Waals surface area contributed by atoms with Gasteiger partial charge in [-0.05, 0) is 23.6 Å². The average molecular weight is 383 g/mol. The SMILES string of the molecule is O=C(CCn1cnc2sccc2c1=O)OCN1C(=O)c2ccccc2C1=O. The third-order valence-corrected chi connectivity index (χ3v) is 5.06. The van der Waals surface area contributed by atoms with Crippen LogP contribution in [0.1, 0.15) is 27.1 Å². The maximum absolute atomic E-state index is 12.3. The van der Waals surface area contributed by atoms with Crippen molar-refractivity contribution in [1.29, 1.82) is 0 Å². The third-order valence-electron chi connectivity index (χ3n) is 4.24. The molecule has 1 aliphatic rings. The summed E-state index contributed by atoms with van der Waals surface area (Å²) in [6, 6.07) is 8.12. The Morgan fingerprint density at radius 1 is 1.07 bits per heavy atom. The molecular weight excluding hydrogens is 370 g/mol. The Balaban J connectivity index is 1.36. The molecule has 0 saturated heterocycles. The summed E-state index contributed by atoms with van der Waals surface area (Å²) in [5.74, 6) is -1.61. The van der Waals surface area contributed by atoms with Gasteiger partial charge in [0.1, 0.15) is 4.83 Å². The van der Waals surface area contributed by atoms with Gasteiger partial charge in [-0.25, -0.2) is 9.88 Å². The lowest BCUT2D eigenvalue weighted by molar-refractivity contribution is -0.146. The van der Waals surface area contributed by atoms with Gasteiger partial charge in [0.15, 0.2) is 6.73 Å². The molecule has 0 unspecified atom stereocenters. The van der Waals surface area contributed by atoms with E-state index in [1.807, 2.05) is 0 Å². The number of aromatic nitrogens is 2. The Morgan fingerprint density at radius 3 is 2.48 bits per heavy atom. The average Bonchev–Trinajstić information content (AvgIpc) is 3.25. The minimum Gasteiger partial charge on any atom is -0.444 e. The van der Waals surface area contributed by atoms with Gasteiger partial charge in [-0.15, -0.1) is 11.3 Å². The van der Waals surface area contributed by atoms with Crippen LogP contribution in [0.15, 0.2) is 46.8 Å². The molecule has 1 aliphatic heterocycles. The molecule has 27 heavy (non-hydrogen) atoms. The van der Waals surface area contributed by atoms with Gasteiger partial charge in [0.2, 0.25) is 0 Å². The van der Waals surface area contributed by atoms with Crippen LogP contribution in [0.3, 0.4) is 0 Å². The number of hydrogen-bond donors (Lipinski definition) is 0. The zero-order chi connectivity index (χ0) is 19.0. The topological polar surface area (TPSA) is 98.6 Å². The maximum Gasteiger partial charge on any atom is 0.309 e. The summed E-state index contributed by atoms with van der Waals surface area (Å²) in [5, 5.41) is 2.28. The highest BCUT2D eigenvalue weighted by atomic mass is 32.1. The molecule has 0 N–H and O–H groups in total. The standard InChI is InChI=1S/C18H13N3O5S/c22-14(5-7-20-9-19-15-13(16(20)23)6-8-27-15)26-10-21-17(24)11-3-1-2-4-12(11)18(21)25/h1-4,6,8-9H,5,7,10H2. The molecule has 0 fully saturated rings. The van der Waals surface area contributed by atoms with Gasteiger partial charge < -0.3 is 4.74 Å². The molecule has 0 spiro atoms. The first kappa shape index (κ1) is 17.1. The first-order valence-electron chi connectivity index (χ1n) is 8.10. The molecule has 0 atom stereocenters. The Hall–Kier alpha value is -3.33. The number of fused-ring (bicyclic) bond motifs is 2. The van der Waals surface area contributed by atoms with Crippen molar-refractivity contribution in [2.24, 2.45) is 0 Å². The second-order valence-corrected chi connectivity index (χ2v) is 6.76. The van der Waals surface area contributed by atoms with E-state index in [-0.39, 0.29) is 18.5 Å². The van der Waals surface area contributed by atoms with Gasteiger partial charge in [0.05, 0.1) is 29.3 Å². The molecule has 0 bridgehead atoms. The van der Waals surface area contributed by atoms with E-state index in [4.69, 9.17) is 4.74 Å². The molecule has 3 aromatic rings. The minimum absolute atomic E-state index is 0.0829. The number of ether oxygens (including phenoxy) is 1. The van der Waals surface area contributed by atoms with Crippen molar-refractivity contribution in [3.8, 4) is 0 Å². The number of carbonyl (C=O) groups excluding carboxylic acids is 3. The first-order chi connectivity index (χ1) is 13.1. The highest BCUT2D eigenvalue weighted by Crippen LogP contribution is 2.22. The van der Waals surface area contributed by atoms with Crippen molar-refractivity contribution in [1.82, 2.24) is 14.5 Å². The molecule has 3 heterocycles. The highest BCUT2D eigenvalue weighted by Gasteiger charge is 2.35. The molecule has 9 heteroatoms. The van der Waals surface area contributed by atoms with Crippen LogP contribution in [0, 0.1) is 0 Å². The Labute approximate surface area is 156 Å². The summed E-state index contributed by atoms with van der Waals surface area (Å²) in [5.41, 5.74) is 0.356. The van der Waals surface area contributed by atoms with Crippen LogP contribution in [0.2, 0.25) is 0 Å². The second kappa shape index (κ2) is 6.76. The summed E-state index contributed by atoms with van der Waals surface area (Å²) >= 11 is 1.37. The van der Waals surface area contributed by atoms with Crippen LogP contribution < -0.4 is 5.56 Å². The lowest BCUT2D eigenvalue weighted by Gasteiger charge is -2.14. The molecule has 136 valence electrons. The van der Waals surface area contributed by atoms with Crippen molar-refractivity contribution >= 4 is 39.3 Å². The van der Waals surface area contributed by atoms with Crippen LogP contribution in [0.25, 0.3) is 10.2 Å². The van der Waals surface area contributed by atoms with E-state index in [0.717, 1.165) is 4.90 Å². The number of esters is 1. The fourth-order valence-corrected chi connectivity index (χ4v) is 3.55. The number of nitrogens with zero attached hydrogens (tertiary/aromatic N) is 3. The van der Waals surface area contributed by atoms with Crippen LogP contribution in [0.5, 0.6) is 0 Å². The zero-order valence-electron chi connectivity index (χ0n) is 14.0. The van der Waals surface area contributed by atoms with Gasteiger partial charge in [-0.3, -0.25) is 23.7 Å². The van der Waals surface area contributed by atoms with E-state index in [2.05, 4.69) is 4.98 Å². The van der Waals surface area contributed by atoms with E-state index >= 15 is 0 Å². The normalized spacial score (nSPS) is 13.3. The van der Waals surface area contributed by atoms with Gasteiger partial charge in [0, 0.05) is 6.54 Å². The number of amides is 2. The summed E-state index contributed by atoms with van der Waals surface area (Å²) in [6.45, 7) is -0.361. The van der Waals surface area contributed by atoms with Crippen molar-refractivity contribution in [2.75, 3.05) is 6.73 Å². The van der Waals surface area contributed by atoms with Crippen molar-refractivity contribution in [3.05, 3.63) is 63.5 Å². The van der Waals surface area contributed by atoms with Crippen LogP contribution in [-0.4, -0.2) is 39.0 Å². The predicted octanol–water partition coefficient (Wildman–Crippen LogP) is 1.64. The number of thiophene rings is 1. The molecule has 0 radical (unpaired) electrons. The Morgan fingerprint density at radius 2 is 1.78 bits per heavy atom. The van der Waals surface area contributed by atoms with E-state index in [9.17, 15) is 19.2 Å². The molecule has 4 rings (SSSR count). The first-order valence-corrected chi connectivity index (χ1v) is 8.97. The molecule has 2 aromatic heterocycles. The van der Waals surface area contributed by atoms with Crippen LogP contribution >= 0.6 is 11.3 Å². The number of benzene rings is 1. The largest absolute Gasteiger partial charge is 0.444 e. The molecule has 1 aromatic carbocycles. The van der Waals surface area contributed by atoms with E-state index in [1.165, 1.54) is 22.2 Å². The third kappa shape index (κ3) is 3.02. The molecule has 0 saturated carbocycles. The number of aryl methyl sites for hydroxylation is 1. The molecular formula is C18H13N3O5S. The fraction of sp³-hybridized carbons (Fsp3) is 0.167. The molecule has 8 nitrogen and oxygen atoms in total. The maximum atomic E-state index is 12.3. The van der Waals surface area contributed by atoms with Crippen molar-refractivity contribution in [2.45, 2.75) is 13.0 Å². The monoisotopic (exact) mass is 383 g/mol. The fourth-order valence-electron chi connectivity index (χ4n) is 2.83. The molecule has 0 aliphatic carbocycles.